The Kier molecular flexibility index (Phi) is 4.89. The number of nitrogens with zero attached hydrogens (tertiary/aromatic N) is 2. The van der Waals surface area contributed by atoms with E-state index >= 15 is 0 Å². The standard InChI is InChI=1S/C21H26N2O2/c1-6-12(2)20(16-7-8-16)22-21-13(3)9-17(10-18(21)11-24)19-14(4)23-25-15(19)5/h9-12,16H,6-8H2,1-5H3. The zero-order chi connectivity index (χ0) is 18.1. The van der Waals surface area contributed by atoms with Crippen molar-refractivity contribution in [3.05, 3.63) is 34.7 Å². The van der Waals surface area contributed by atoms with Gasteiger partial charge in [-0.05, 0) is 75.1 Å². The predicted octanol–water partition coefficient (Wildman–Crippen LogP) is 5.61. The molecule has 132 valence electrons. The van der Waals surface area contributed by atoms with E-state index in [0.717, 1.165) is 46.5 Å². The molecule has 1 aliphatic carbocycles. The van der Waals surface area contributed by atoms with Gasteiger partial charge in [-0.15, -0.1) is 0 Å². The highest BCUT2D eigenvalue weighted by atomic mass is 16.5. The Labute approximate surface area is 149 Å². The molecule has 0 bridgehead atoms. The van der Waals surface area contributed by atoms with Gasteiger partial charge in [0.2, 0.25) is 0 Å². The van der Waals surface area contributed by atoms with E-state index in [1.54, 1.807) is 0 Å². The third-order valence-electron chi connectivity index (χ3n) is 5.13. The molecule has 1 aromatic carbocycles. The first kappa shape index (κ1) is 17.6. The van der Waals surface area contributed by atoms with Crippen molar-refractivity contribution in [3.8, 4) is 11.1 Å². The van der Waals surface area contributed by atoms with E-state index in [2.05, 4.69) is 25.1 Å². The second kappa shape index (κ2) is 6.95. The molecule has 1 aliphatic rings. The number of aldehydes is 1. The summed E-state index contributed by atoms with van der Waals surface area (Å²) in [5.74, 6) is 1.81. The lowest BCUT2D eigenvalue weighted by molar-refractivity contribution is 0.112. The lowest BCUT2D eigenvalue weighted by Gasteiger charge is -2.15. The minimum atomic E-state index is 0.452. The molecule has 1 heterocycles. The molecule has 0 N–H and O–H groups in total. The first-order valence-corrected chi connectivity index (χ1v) is 9.07. The fourth-order valence-electron chi connectivity index (χ4n) is 3.41. The van der Waals surface area contributed by atoms with Gasteiger partial charge in [0.25, 0.3) is 0 Å². The van der Waals surface area contributed by atoms with Crippen molar-refractivity contribution >= 4 is 17.7 Å². The van der Waals surface area contributed by atoms with Crippen LogP contribution in [0.15, 0.2) is 21.6 Å². The van der Waals surface area contributed by atoms with E-state index in [1.165, 1.54) is 18.6 Å². The van der Waals surface area contributed by atoms with Crippen molar-refractivity contribution in [1.82, 2.24) is 5.16 Å². The second-order valence-corrected chi connectivity index (χ2v) is 7.17. The summed E-state index contributed by atoms with van der Waals surface area (Å²) in [7, 11) is 0. The Bertz CT molecular complexity index is 809. The number of carbonyl (C=O) groups excluding carboxylic acids is 1. The number of hydrogen-bond acceptors (Lipinski definition) is 4. The Morgan fingerprint density at radius 1 is 1.36 bits per heavy atom. The largest absolute Gasteiger partial charge is 0.361 e. The summed E-state index contributed by atoms with van der Waals surface area (Å²) in [6.45, 7) is 10.3. The average molecular weight is 338 g/mol. The first-order chi connectivity index (χ1) is 12.0. The minimum Gasteiger partial charge on any atom is -0.361 e. The highest BCUT2D eigenvalue weighted by molar-refractivity contribution is 5.96. The molecule has 1 saturated carbocycles. The highest BCUT2D eigenvalue weighted by Gasteiger charge is 2.30. The van der Waals surface area contributed by atoms with Gasteiger partial charge in [0, 0.05) is 16.8 Å². The van der Waals surface area contributed by atoms with Gasteiger partial charge in [-0.2, -0.15) is 0 Å². The van der Waals surface area contributed by atoms with Crippen LogP contribution in [0.2, 0.25) is 0 Å². The van der Waals surface area contributed by atoms with Crippen molar-refractivity contribution in [2.24, 2.45) is 16.8 Å². The minimum absolute atomic E-state index is 0.452. The number of carbonyl (C=O) groups is 1. The summed E-state index contributed by atoms with van der Waals surface area (Å²) in [5.41, 5.74) is 6.48. The van der Waals surface area contributed by atoms with E-state index in [0.29, 0.717) is 17.4 Å². The van der Waals surface area contributed by atoms with Crippen molar-refractivity contribution in [3.63, 3.8) is 0 Å². The zero-order valence-electron chi connectivity index (χ0n) is 15.7. The van der Waals surface area contributed by atoms with Crippen molar-refractivity contribution in [1.29, 1.82) is 0 Å². The van der Waals surface area contributed by atoms with E-state index < -0.39 is 0 Å². The van der Waals surface area contributed by atoms with E-state index in [1.807, 2.05) is 26.8 Å². The van der Waals surface area contributed by atoms with Gasteiger partial charge < -0.3 is 4.52 Å². The molecule has 1 unspecified atom stereocenters. The van der Waals surface area contributed by atoms with Crippen LogP contribution in [0.3, 0.4) is 0 Å². The Morgan fingerprint density at radius 3 is 2.60 bits per heavy atom. The van der Waals surface area contributed by atoms with Gasteiger partial charge in [-0.1, -0.05) is 19.0 Å². The lowest BCUT2D eigenvalue weighted by atomic mass is 9.96. The molecule has 2 aromatic rings. The molecule has 1 atom stereocenters. The number of aryl methyl sites for hydroxylation is 3. The normalized spacial score (nSPS) is 16.1. The van der Waals surface area contributed by atoms with Gasteiger partial charge in [0.15, 0.2) is 6.29 Å². The fraction of sp³-hybridized carbons (Fsp3) is 0.476. The van der Waals surface area contributed by atoms with Crippen molar-refractivity contribution in [2.45, 2.75) is 53.9 Å². The molecule has 1 aromatic heterocycles. The third-order valence-corrected chi connectivity index (χ3v) is 5.13. The topological polar surface area (TPSA) is 55.5 Å². The summed E-state index contributed by atoms with van der Waals surface area (Å²) < 4.78 is 5.28. The number of aromatic nitrogens is 1. The van der Waals surface area contributed by atoms with Crippen LogP contribution in [0.4, 0.5) is 5.69 Å². The molecular formula is C21H26N2O2. The Morgan fingerprint density at radius 2 is 2.08 bits per heavy atom. The smallest absolute Gasteiger partial charge is 0.152 e. The Hall–Kier alpha value is -2.23. The number of hydrogen-bond donors (Lipinski definition) is 0. The summed E-state index contributed by atoms with van der Waals surface area (Å²) in [4.78, 5) is 16.7. The molecule has 0 spiro atoms. The summed E-state index contributed by atoms with van der Waals surface area (Å²) in [6.07, 6.45) is 4.42. The van der Waals surface area contributed by atoms with Crippen LogP contribution in [0, 0.1) is 32.6 Å². The molecule has 3 rings (SSSR count). The maximum Gasteiger partial charge on any atom is 0.152 e. The third kappa shape index (κ3) is 3.44. The second-order valence-electron chi connectivity index (χ2n) is 7.17. The van der Waals surface area contributed by atoms with Crippen LogP contribution in [-0.2, 0) is 0 Å². The molecule has 4 nitrogen and oxygen atoms in total. The Balaban J connectivity index is 2.11. The summed E-state index contributed by atoms with van der Waals surface area (Å²) in [5, 5.41) is 4.02. The van der Waals surface area contributed by atoms with Crippen LogP contribution in [-0.4, -0.2) is 17.2 Å². The number of aliphatic imine (C=N–C) groups is 1. The molecule has 0 amide bonds. The highest BCUT2D eigenvalue weighted by Crippen LogP contribution is 2.38. The van der Waals surface area contributed by atoms with Gasteiger partial charge in [-0.3, -0.25) is 9.79 Å². The SMILES string of the molecule is CCC(C)C(=Nc1c(C)cc(-c2c(C)noc2C)cc1C=O)C1CC1. The molecule has 4 heteroatoms. The zero-order valence-corrected chi connectivity index (χ0v) is 15.7. The average Bonchev–Trinajstić information content (AvgIpc) is 3.37. The number of benzene rings is 1. The quantitative estimate of drug-likeness (QED) is 0.508. The van der Waals surface area contributed by atoms with Crippen LogP contribution >= 0.6 is 0 Å². The molecule has 0 radical (unpaired) electrons. The van der Waals surface area contributed by atoms with E-state index in [4.69, 9.17) is 9.52 Å². The van der Waals surface area contributed by atoms with Crippen molar-refractivity contribution in [2.75, 3.05) is 0 Å². The maximum atomic E-state index is 11.8. The van der Waals surface area contributed by atoms with Crippen molar-refractivity contribution < 1.29 is 9.32 Å². The van der Waals surface area contributed by atoms with Gasteiger partial charge in [0.05, 0.1) is 11.4 Å². The fourth-order valence-corrected chi connectivity index (χ4v) is 3.41. The molecular weight excluding hydrogens is 312 g/mol. The lowest BCUT2D eigenvalue weighted by Crippen LogP contribution is -2.12. The monoisotopic (exact) mass is 338 g/mol. The van der Waals surface area contributed by atoms with Gasteiger partial charge in [-0.25, -0.2) is 0 Å². The predicted molar refractivity (Wildman–Crippen MR) is 101 cm³/mol. The summed E-state index contributed by atoms with van der Waals surface area (Å²) in [6, 6.07) is 3.99. The summed E-state index contributed by atoms with van der Waals surface area (Å²) >= 11 is 0. The van der Waals surface area contributed by atoms with Crippen LogP contribution in [0.25, 0.3) is 11.1 Å². The molecule has 0 aliphatic heterocycles. The first-order valence-electron chi connectivity index (χ1n) is 9.07. The molecule has 25 heavy (non-hydrogen) atoms. The molecule has 1 fully saturated rings. The van der Waals surface area contributed by atoms with E-state index in [9.17, 15) is 4.79 Å². The van der Waals surface area contributed by atoms with Crippen LogP contribution in [0.1, 0.15) is 60.5 Å². The van der Waals surface area contributed by atoms with Crippen LogP contribution < -0.4 is 0 Å². The number of rotatable bonds is 6. The van der Waals surface area contributed by atoms with E-state index in [-0.39, 0.29) is 0 Å². The van der Waals surface area contributed by atoms with Crippen LogP contribution in [0.5, 0.6) is 0 Å². The van der Waals surface area contributed by atoms with Gasteiger partial charge in [0.1, 0.15) is 5.76 Å². The molecule has 0 saturated heterocycles. The maximum absolute atomic E-state index is 11.8. The van der Waals surface area contributed by atoms with Gasteiger partial charge >= 0.3 is 0 Å².